The topological polar surface area (TPSA) is 46.6 Å². The molecule has 2 aromatic heterocycles. The maximum absolute atomic E-state index is 5.53. The normalized spacial score (nSPS) is 13.5. The SMILES string of the molecule is c1ccc(-c2cccc(C3=NC(c4ccccc4-n4c5ccccc5c5c(-c6cccc7c6c6ccc(-c8ccccc8)cc6n7-c6ccccc6)cccc54)NC(c4cccc(-c5ccccc5)c4)=N3)c2)cc1. The Balaban J connectivity index is 0.955. The van der Waals surface area contributed by atoms with Crippen LogP contribution in [-0.2, 0) is 0 Å². The molecule has 14 rings (SSSR count). The van der Waals surface area contributed by atoms with Gasteiger partial charge in [0.15, 0.2) is 5.84 Å². The van der Waals surface area contributed by atoms with Crippen LogP contribution in [0.3, 0.4) is 0 Å². The maximum atomic E-state index is 5.53. The van der Waals surface area contributed by atoms with E-state index in [0.717, 1.165) is 72.7 Å². The van der Waals surface area contributed by atoms with E-state index in [1.165, 1.54) is 49.3 Å². The number of para-hydroxylation sites is 3. The van der Waals surface area contributed by atoms with Gasteiger partial charge in [0.25, 0.3) is 0 Å². The molecule has 74 heavy (non-hydrogen) atoms. The first-order valence-electron chi connectivity index (χ1n) is 25.3. The van der Waals surface area contributed by atoms with Crippen LogP contribution in [0.1, 0.15) is 22.9 Å². The number of benzene rings is 11. The highest BCUT2D eigenvalue weighted by atomic mass is 15.2. The average molecular weight is 946 g/mol. The molecule has 0 amide bonds. The van der Waals surface area contributed by atoms with E-state index in [1.54, 1.807) is 0 Å². The second-order valence-corrected chi connectivity index (χ2v) is 18.9. The molecule has 5 heteroatoms. The Labute approximate surface area is 429 Å². The van der Waals surface area contributed by atoms with E-state index < -0.39 is 6.17 Å². The number of hydrogen-bond donors (Lipinski definition) is 1. The Morgan fingerprint density at radius 2 is 0.797 bits per heavy atom. The lowest BCUT2D eigenvalue weighted by molar-refractivity contribution is 0.670. The van der Waals surface area contributed by atoms with Gasteiger partial charge in [-0.05, 0) is 99.1 Å². The van der Waals surface area contributed by atoms with E-state index in [2.05, 4.69) is 287 Å². The molecular formula is C69H47N5. The Kier molecular flexibility index (Phi) is 10.5. The summed E-state index contributed by atoms with van der Waals surface area (Å²) in [6, 6.07) is 97.8. The highest BCUT2D eigenvalue weighted by molar-refractivity contribution is 6.22. The molecule has 348 valence electrons. The Morgan fingerprint density at radius 3 is 1.46 bits per heavy atom. The first kappa shape index (κ1) is 43.0. The minimum Gasteiger partial charge on any atom is -0.344 e. The van der Waals surface area contributed by atoms with Gasteiger partial charge in [0.05, 0.1) is 27.8 Å². The van der Waals surface area contributed by atoms with Crippen LogP contribution in [0, 0.1) is 0 Å². The van der Waals surface area contributed by atoms with Crippen molar-refractivity contribution in [2.45, 2.75) is 6.17 Å². The lowest BCUT2D eigenvalue weighted by Gasteiger charge is -2.26. The number of rotatable bonds is 9. The molecule has 0 spiro atoms. The van der Waals surface area contributed by atoms with Gasteiger partial charge in [-0.1, -0.05) is 218 Å². The number of amidine groups is 2. The molecule has 13 aromatic rings. The van der Waals surface area contributed by atoms with E-state index in [-0.39, 0.29) is 0 Å². The van der Waals surface area contributed by atoms with Crippen molar-refractivity contribution in [1.82, 2.24) is 14.5 Å². The Morgan fingerprint density at radius 1 is 0.324 bits per heavy atom. The zero-order valence-electron chi connectivity index (χ0n) is 40.3. The molecule has 1 aliphatic heterocycles. The van der Waals surface area contributed by atoms with Crippen molar-refractivity contribution in [3.05, 3.63) is 290 Å². The van der Waals surface area contributed by atoms with Crippen LogP contribution in [0.4, 0.5) is 0 Å². The summed E-state index contributed by atoms with van der Waals surface area (Å²) >= 11 is 0. The molecule has 5 nitrogen and oxygen atoms in total. The summed E-state index contributed by atoms with van der Waals surface area (Å²) in [6.45, 7) is 0. The molecule has 1 N–H and O–H groups in total. The molecule has 0 aliphatic carbocycles. The molecule has 1 atom stereocenters. The average Bonchev–Trinajstić information content (AvgIpc) is 4.01. The van der Waals surface area contributed by atoms with Gasteiger partial charge in [0.2, 0.25) is 0 Å². The summed E-state index contributed by atoms with van der Waals surface area (Å²) < 4.78 is 4.87. The molecule has 11 aromatic carbocycles. The van der Waals surface area contributed by atoms with Crippen LogP contribution >= 0.6 is 0 Å². The lowest BCUT2D eigenvalue weighted by atomic mass is 9.95. The van der Waals surface area contributed by atoms with Gasteiger partial charge in [0, 0.05) is 43.9 Å². The van der Waals surface area contributed by atoms with Gasteiger partial charge in [-0.25, -0.2) is 9.98 Å². The van der Waals surface area contributed by atoms with E-state index >= 15 is 0 Å². The van der Waals surface area contributed by atoms with E-state index in [4.69, 9.17) is 9.98 Å². The third-order valence-electron chi connectivity index (χ3n) is 14.6. The van der Waals surface area contributed by atoms with Gasteiger partial charge >= 0.3 is 0 Å². The first-order chi connectivity index (χ1) is 36.7. The van der Waals surface area contributed by atoms with Gasteiger partial charge in [0.1, 0.15) is 12.0 Å². The lowest BCUT2D eigenvalue weighted by Crippen LogP contribution is -2.34. The van der Waals surface area contributed by atoms with E-state index in [0.29, 0.717) is 5.84 Å². The second-order valence-electron chi connectivity index (χ2n) is 18.9. The van der Waals surface area contributed by atoms with E-state index in [9.17, 15) is 0 Å². The number of nitrogens with zero attached hydrogens (tertiary/aromatic N) is 4. The van der Waals surface area contributed by atoms with Crippen LogP contribution < -0.4 is 5.32 Å². The maximum Gasteiger partial charge on any atom is 0.159 e. The molecule has 1 unspecified atom stereocenters. The van der Waals surface area contributed by atoms with Crippen molar-refractivity contribution >= 4 is 55.3 Å². The summed E-state index contributed by atoms with van der Waals surface area (Å²) in [5.74, 6) is 1.44. The molecule has 0 fully saturated rings. The second kappa shape index (κ2) is 18.1. The van der Waals surface area contributed by atoms with Crippen LogP contribution in [-0.4, -0.2) is 20.8 Å². The van der Waals surface area contributed by atoms with Crippen LogP contribution in [0.15, 0.2) is 283 Å². The summed E-state index contributed by atoms with van der Waals surface area (Å²) in [5, 5.41) is 8.68. The monoisotopic (exact) mass is 945 g/mol. The molecule has 0 radical (unpaired) electrons. The summed E-state index contributed by atoms with van der Waals surface area (Å²) in [7, 11) is 0. The quantitative estimate of drug-likeness (QED) is 0.154. The van der Waals surface area contributed by atoms with Crippen molar-refractivity contribution < 1.29 is 0 Å². The number of hydrogen-bond acceptors (Lipinski definition) is 3. The molecule has 0 saturated heterocycles. The van der Waals surface area contributed by atoms with Crippen molar-refractivity contribution in [3.63, 3.8) is 0 Å². The summed E-state index contributed by atoms with van der Waals surface area (Å²) in [5.41, 5.74) is 19.0. The van der Waals surface area contributed by atoms with Crippen molar-refractivity contribution in [2.75, 3.05) is 0 Å². The summed E-state index contributed by atoms with van der Waals surface area (Å²) in [6.07, 6.45) is -0.479. The number of aromatic nitrogens is 2. The molecule has 1 aliphatic rings. The molecular weight excluding hydrogens is 899 g/mol. The third kappa shape index (κ3) is 7.41. The van der Waals surface area contributed by atoms with E-state index in [1.807, 2.05) is 0 Å². The summed E-state index contributed by atoms with van der Waals surface area (Å²) in [4.78, 5) is 10.9. The minimum atomic E-state index is -0.479. The van der Waals surface area contributed by atoms with Gasteiger partial charge in [-0.3, -0.25) is 0 Å². The van der Waals surface area contributed by atoms with Crippen LogP contribution in [0.5, 0.6) is 0 Å². The fourth-order valence-electron chi connectivity index (χ4n) is 11.2. The molecule has 0 bridgehead atoms. The van der Waals surface area contributed by atoms with Crippen LogP contribution in [0.25, 0.3) is 99.5 Å². The highest BCUT2D eigenvalue weighted by Gasteiger charge is 2.27. The minimum absolute atomic E-state index is 0.479. The predicted molar refractivity (Wildman–Crippen MR) is 309 cm³/mol. The number of aliphatic imine (C=N–C) groups is 2. The number of nitrogens with one attached hydrogen (secondary N) is 1. The predicted octanol–water partition coefficient (Wildman–Crippen LogP) is 17.0. The fourth-order valence-corrected chi connectivity index (χ4v) is 11.2. The van der Waals surface area contributed by atoms with Gasteiger partial charge in [-0.2, -0.15) is 0 Å². The highest BCUT2D eigenvalue weighted by Crippen LogP contribution is 2.45. The molecule has 3 heterocycles. The largest absolute Gasteiger partial charge is 0.344 e. The Hall–Kier alpha value is -9.84. The molecule has 0 saturated carbocycles. The third-order valence-corrected chi connectivity index (χ3v) is 14.6. The van der Waals surface area contributed by atoms with Crippen molar-refractivity contribution in [2.24, 2.45) is 9.98 Å². The number of fused-ring (bicyclic) bond motifs is 6. The van der Waals surface area contributed by atoms with Crippen molar-refractivity contribution in [3.8, 4) is 55.9 Å². The first-order valence-corrected chi connectivity index (χ1v) is 25.3. The smallest absolute Gasteiger partial charge is 0.159 e. The van der Waals surface area contributed by atoms with Crippen molar-refractivity contribution in [1.29, 1.82) is 0 Å². The van der Waals surface area contributed by atoms with Gasteiger partial charge in [-0.15, -0.1) is 0 Å². The van der Waals surface area contributed by atoms with Gasteiger partial charge < -0.3 is 14.5 Å². The standard InChI is InChI=1S/C69H47N5/c1-5-21-46(22-6-1)49-27-17-29-52(43-49)67-70-68(53-30-18-28-50(44-53)47-23-7-2-8-24-47)72-69(71-67)59-34-14-16-38-61(59)74-60-37-15-13-33-57(60)65-55(36-20-40-63(65)74)56-35-19-39-62-66(56)58-42-41-51(48-25-9-3-10-26-48)45-64(58)73(62)54-31-11-4-12-32-54/h1-45,69H,(H,70,71,72). The van der Waals surface area contributed by atoms with Crippen LogP contribution in [0.2, 0.25) is 0 Å². The Bertz CT molecular complexity index is 4320. The zero-order valence-corrected chi connectivity index (χ0v) is 40.3. The fraction of sp³-hybridized carbons (Fsp3) is 0.0145. The zero-order chi connectivity index (χ0) is 49.0.